The highest BCUT2D eigenvalue weighted by Gasteiger charge is 2.40. The molecule has 0 aliphatic carbocycles. The van der Waals surface area contributed by atoms with E-state index in [1.54, 1.807) is 24.3 Å². The number of halogens is 2. The van der Waals surface area contributed by atoms with E-state index in [-0.39, 0.29) is 17.5 Å². The van der Waals surface area contributed by atoms with Crippen molar-refractivity contribution < 1.29 is 9.59 Å². The van der Waals surface area contributed by atoms with Gasteiger partial charge in [0.25, 0.3) is 11.8 Å². The fraction of sp³-hybridized carbons (Fsp3) is 0.412. The number of nitrogens with zero attached hydrogens (tertiary/aromatic N) is 2. The van der Waals surface area contributed by atoms with Gasteiger partial charge in [-0.15, -0.1) is 0 Å². The first-order valence-corrected chi connectivity index (χ1v) is 8.59. The van der Waals surface area contributed by atoms with Gasteiger partial charge in [-0.05, 0) is 30.5 Å². The fourth-order valence-corrected chi connectivity index (χ4v) is 3.45. The molecule has 0 spiro atoms. The third-order valence-corrected chi connectivity index (χ3v) is 4.86. The number of likely N-dealkylation sites (tertiary alicyclic amines) is 1. The molecule has 0 atom stereocenters. The fourth-order valence-electron chi connectivity index (χ4n) is 3.02. The molecule has 2 amide bonds. The van der Waals surface area contributed by atoms with Gasteiger partial charge in [0.15, 0.2) is 0 Å². The SMILES string of the molecule is O=C1C(Cl)=C(N2CCCCCC2)C(=O)N1Cc1ccc(Cl)cc1. The van der Waals surface area contributed by atoms with Crippen LogP contribution in [0.3, 0.4) is 0 Å². The van der Waals surface area contributed by atoms with E-state index in [1.807, 2.05) is 4.90 Å². The van der Waals surface area contributed by atoms with Crippen molar-refractivity contribution >= 4 is 35.0 Å². The Morgan fingerprint density at radius 2 is 1.48 bits per heavy atom. The van der Waals surface area contributed by atoms with E-state index in [9.17, 15) is 9.59 Å². The molecule has 0 aromatic heterocycles. The molecule has 0 bridgehead atoms. The molecule has 6 heteroatoms. The summed E-state index contributed by atoms with van der Waals surface area (Å²) < 4.78 is 0. The maximum Gasteiger partial charge on any atom is 0.279 e. The minimum Gasteiger partial charge on any atom is -0.366 e. The predicted octanol–water partition coefficient (Wildman–Crippen LogP) is 3.54. The predicted molar refractivity (Wildman–Crippen MR) is 89.9 cm³/mol. The largest absolute Gasteiger partial charge is 0.366 e. The van der Waals surface area contributed by atoms with Crippen LogP contribution in [0.1, 0.15) is 31.2 Å². The van der Waals surface area contributed by atoms with Crippen LogP contribution in [-0.2, 0) is 16.1 Å². The molecule has 1 fully saturated rings. The Bertz CT molecular complexity index is 647. The van der Waals surface area contributed by atoms with Gasteiger partial charge in [0, 0.05) is 18.1 Å². The van der Waals surface area contributed by atoms with E-state index in [0.29, 0.717) is 10.7 Å². The molecule has 23 heavy (non-hydrogen) atoms. The molecule has 1 aromatic carbocycles. The second-order valence-corrected chi connectivity index (χ2v) is 6.70. The summed E-state index contributed by atoms with van der Waals surface area (Å²) in [6.45, 7) is 1.76. The van der Waals surface area contributed by atoms with Gasteiger partial charge in [-0.1, -0.05) is 48.2 Å². The molecular formula is C17H18Cl2N2O2. The molecule has 0 saturated carbocycles. The van der Waals surface area contributed by atoms with Gasteiger partial charge in [-0.2, -0.15) is 0 Å². The van der Waals surface area contributed by atoms with Crippen molar-refractivity contribution in [3.05, 3.63) is 45.6 Å². The molecule has 0 N–H and O–H groups in total. The molecule has 4 nitrogen and oxygen atoms in total. The summed E-state index contributed by atoms with van der Waals surface area (Å²) in [5.41, 5.74) is 1.21. The average Bonchev–Trinajstić information content (AvgIpc) is 2.75. The van der Waals surface area contributed by atoms with Crippen molar-refractivity contribution in [2.24, 2.45) is 0 Å². The first-order chi connectivity index (χ1) is 11.1. The van der Waals surface area contributed by atoms with Crippen molar-refractivity contribution in [3.63, 3.8) is 0 Å². The molecule has 0 radical (unpaired) electrons. The normalized spacial score (nSPS) is 19.6. The molecule has 122 valence electrons. The quantitative estimate of drug-likeness (QED) is 0.781. The van der Waals surface area contributed by atoms with Crippen LogP contribution in [-0.4, -0.2) is 34.7 Å². The van der Waals surface area contributed by atoms with Gasteiger partial charge < -0.3 is 4.90 Å². The van der Waals surface area contributed by atoms with Crippen LogP contribution >= 0.6 is 23.2 Å². The van der Waals surface area contributed by atoms with Crippen molar-refractivity contribution in [1.82, 2.24) is 9.80 Å². The molecule has 2 aliphatic heterocycles. The Morgan fingerprint density at radius 3 is 2.09 bits per heavy atom. The number of rotatable bonds is 3. The van der Waals surface area contributed by atoms with Gasteiger partial charge in [-0.3, -0.25) is 14.5 Å². The van der Waals surface area contributed by atoms with Gasteiger partial charge in [-0.25, -0.2) is 0 Å². The zero-order valence-electron chi connectivity index (χ0n) is 12.7. The topological polar surface area (TPSA) is 40.6 Å². The first-order valence-electron chi connectivity index (χ1n) is 7.83. The third-order valence-electron chi connectivity index (χ3n) is 4.26. The summed E-state index contributed by atoms with van der Waals surface area (Å²) in [4.78, 5) is 28.3. The van der Waals surface area contributed by atoms with Crippen molar-refractivity contribution in [2.75, 3.05) is 13.1 Å². The standard InChI is InChI=1S/C17H18Cl2N2O2/c18-13-7-5-12(6-8-13)11-21-16(22)14(19)15(17(21)23)20-9-3-1-2-4-10-20/h5-8H,1-4,9-11H2. The summed E-state index contributed by atoms with van der Waals surface area (Å²) in [6.07, 6.45) is 4.34. The molecule has 1 saturated heterocycles. The van der Waals surface area contributed by atoms with Crippen LogP contribution in [0.25, 0.3) is 0 Å². The van der Waals surface area contributed by atoms with Gasteiger partial charge in [0.2, 0.25) is 0 Å². The van der Waals surface area contributed by atoms with Gasteiger partial charge >= 0.3 is 0 Å². The number of benzene rings is 1. The number of imide groups is 1. The molecule has 1 aromatic rings. The van der Waals surface area contributed by atoms with Gasteiger partial charge in [0.05, 0.1) is 6.54 Å². The number of carbonyl (C=O) groups is 2. The maximum absolute atomic E-state index is 12.7. The smallest absolute Gasteiger partial charge is 0.279 e. The van der Waals surface area contributed by atoms with Crippen LogP contribution in [0.4, 0.5) is 0 Å². The Kier molecular flexibility index (Phi) is 4.93. The molecule has 3 rings (SSSR count). The number of hydrogen-bond donors (Lipinski definition) is 0. The third kappa shape index (κ3) is 3.38. The van der Waals surface area contributed by atoms with E-state index in [1.165, 1.54) is 4.90 Å². The molecule has 0 unspecified atom stereocenters. The monoisotopic (exact) mass is 352 g/mol. The van der Waals surface area contributed by atoms with Crippen molar-refractivity contribution in [2.45, 2.75) is 32.2 Å². The highest BCUT2D eigenvalue weighted by Crippen LogP contribution is 2.29. The minimum absolute atomic E-state index is 0.0471. The minimum atomic E-state index is -0.411. The van der Waals surface area contributed by atoms with E-state index in [2.05, 4.69) is 0 Å². The lowest BCUT2D eigenvalue weighted by Crippen LogP contribution is -2.35. The van der Waals surface area contributed by atoms with Gasteiger partial charge in [0.1, 0.15) is 10.7 Å². The lowest BCUT2D eigenvalue weighted by molar-refractivity contribution is -0.138. The Morgan fingerprint density at radius 1 is 0.870 bits per heavy atom. The van der Waals surface area contributed by atoms with Crippen LogP contribution in [0, 0.1) is 0 Å². The number of amides is 2. The van der Waals surface area contributed by atoms with E-state index < -0.39 is 5.91 Å². The first kappa shape index (κ1) is 16.3. The maximum atomic E-state index is 12.7. The van der Waals surface area contributed by atoms with Crippen LogP contribution in [0.5, 0.6) is 0 Å². The molecular weight excluding hydrogens is 335 g/mol. The molecule has 2 heterocycles. The number of hydrogen-bond acceptors (Lipinski definition) is 3. The summed E-state index contributed by atoms with van der Waals surface area (Å²) in [5, 5.41) is 0.667. The second-order valence-electron chi connectivity index (χ2n) is 5.89. The molecule has 2 aliphatic rings. The summed E-state index contributed by atoms with van der Waals surface area (Å²) in [6, 6.07) is 7.10. The van der Waals surface area contributed by atoms with E-state index >= 15 is 0 Å². The lowest BCUT2D eigenvalue weighted by Gasteiger charge is -2.23. The highest BCUT2D eigenvalue weighted by atomic mass is 35.5. The zero-order chi connectivity index (χ0) is 16.4. The summed E-state index contributed by atoms with van der Waals surface area (Å²) >= 11 is 12.1. The second kappa shape index (κ2) is 6.93. The summed E-state index contributed by atoms with van der Waals surface area (Å²) in [5.74, 6) is -0.706. The Labute approximate surface area is 145 Å². The number of carbonyl (C=O) groups excluding carboxylic acids is 2. The average molecular weight is 353 g/mol. The Hall–Kier alpha value is -1.52. The lowest BCUT2D eigenvalue weighted by atomic mass is 10.2. The Balaban J connectivity index is 1.79. The highest BCUT2D eigenvalue weighted by molar-refractivity contribution is 6.47. The van der Waals surface area contributed by atoms with Crippen molar-refractivity contribution in [1.29, 1.82) is 0 Å². The van der Waals surface area contributed by atoms with Crippen LogP contribution in [0.15, 0.2) is 35.0 Å². The van der Waals surface area contributed by atoms with Crippen LogP contribution in [0.2, 0.25) is 5.02 Å². The summed E-state index contributed by atoms with van der Waals surface area (Å²) in [7, 11) is 0. The van der Waals surface area contributed by atoms with E-state index in [0.717, 1.165) is 44.3 Å². The zero-order valence-corrected chi connectivity index (χ0v) is 14.2. The van der Waals surface area contributed by atoms with Crippen molar-refractivity contribution in [3.8, 4) is 0 Å². The van der Waals surface area contributed by atoms with Crippen LogP contribution < -0.4 is 0 Å². The van der Waals surface area contributed by atoms with E-state index in [4.69, 9.17) is 23.2 Å².